The number of aliphatic imine (C=N–C) groups is 1. The van der Waals surface area contributed by atoms with Gasteiger partial charge in [-0.2, -0.15) is 0 Å². The summed E-state index contributed by atoms with van der Waals surface area (Å²) >= 11 is 0. The van der Waals surface area contributed by atoms with Crippen LogP contribution in [0.1, 0.15) is 25.8 Å². The van der Waals surface area contributed by atoms with E-state index in [0.29, 0.717) is 6.61 Å². The van der Waals surface area contributed by atoms with E-state index in [1.54, 1.807) is 19.1 Å². The smallest absolute Gasteiger partial charge is 0.328 e. The van der Waals surface area contributed by atoms with E-state index in [1.807, 2.05) is 49.1 Å². The lowest BCUT2D eigenvalue weighted by Gasteiger charge is -2.40. The van der Waals surface area contributed by atoms with Crippen LogP contribution in [0.2, 0.25) is 0 Å². The van der Waals surface area contributed by atoms with Crippen molar-refractivity contribution in [1.29, 1.82) is 0 Å². The molecule has 1 fully saturated rings. The maximum absolute atomic E-state index is 13.4. The summed E-state index contributed by atoms with van der Waals surface area (Å²) in [5.41, 5.74) is 3.01. The van der Waals surface area contributed by atoms with Crippen LogP contribution < -0.4 is 0 Å². The monoisotopic (exact) mass is 397 g/mol. The number of amides is 3. The van der Waals surface area contributed by atoms with Crippen molar-refractivity contribution < 1.29 is 14.3 Å². The van der Waals surface area contributed by atoms with Crippen LogP contribution in [0.5, 0.6) is 0 Å². The number of carbonyl (C=O) groups is 2. The molecule has 3 aliphatic rings. The highest BCUT2D eigenvalue weighted by atomic mass is 16.5. The summed E-state index contributed by atoms with van der Waals surface area (Å²) in [6, 6.07) is 8.74. The highest BCUT2D eigenvalue weighted by Crippen LogP contribution is 2.37. The third kappa shape index (κ3) is 3.07. The largest absolute Gasteiger partial charge is 0.385 e. The minimum atomic E-state index is -0.529. The third-order valence-corrected chi connectivity index (χ3v) is 5.92. The lowest BCUT2D eigenvalue weighted by Crippen LogP contribution is -2.64. The van der Waals surface area contributed by atoms with E-state index < -0.39 is 12.2 Å². The maximum Gasteiger partial charge on any atom is 0.328 e. The van der Waals surface area contributed by atoms with Crippen molar-refractivity contribution in [1.82, 2.24) is 19.6 Å². The Balaban J connectivity index is 1.62. The molecule has 0 N–H and O–H groups in total. The lowest BCUT2D eigenvalue weighted by atomic mass is 10.1. The molecule has 0 bridgehead atoms. The number of carbonyl (C=O) groups excluding carboxylic acids is 2. The van der Waals surface area contributed by atoms with Gasteiger partial charge in [0.05, 0.1) is 6.54 Å². The molecule has 2 unspecified atom stereocenters. The van der Waals surface area contributed by atoms with Crippen LogP contribution in [0.25, 0.3) is 0 Å². The van der Waals surface area contributed by atoms with Crippen LogP contribution in [0.15, 0.2) is 46.7 Å². The number of hydrogen-bond donors (Lipinski definition) is 0. The van der Waals surface area contributed by atoms with Gasteiger partial charge in [0.25, 0.3) is 5.91 Å². The maximum atomic E-state index is 13.4. The minimum Gasteiger partial charge on any atom is -0.385 e. The van der Waals surface area contributed by atoms with Gasteiger partial charge in [-0.1, -0.05) is 30.3 Å². The molecule has 1 saturated heterocycles. The molecule has 154 valence electrons. The number of guanidine groups is 1. The van der Waals surface area contributed by atoms with Gasteiger partial charge in [-0.25, -0.2) is 9.79 Å². The summed E-state index contributed by atoms with van der Waals surface area (Å²) in [6.07, 6.45) is 0.344. The molecule has 29 heavy (non-hydrogen) atoms. The summed E-state index contributed by atoms with van der Waals surface area (Å²) in [5, 5.41) is 0. The number of benzene rings is 1. The number of imide groups is 1. The Morgan fingerprint density at radius 2 is 1.79 bits per heavy atom. The van der Waals surface area contributed by atoms with Gasteiger partial charge < -0.3 is 14.5 Å². The number of allylic oxidation sites excluding steroid dienone is 2. The predicted molar refractivity (Wildman–Crippen MR) is 109 cm³/mol. The molecule has 0 saturated carbocycles. The zero-order valence-corrected chi connectivity index (χ0v) is 17.3. The molecule has 3 heterocycles. The first-order valence-electron chi connectivity index (χ1n) is 9.88. The van der Waals surface area contributed by atoms with Gasteiger partial charge in [-0.05, 0) is 25.8 Å². The quantitative estimate of drug-likeness (QED) is 0.688. The number of fused-ring (bicyclic) bond motifs is 3. The van der Waals surface area contributed by atoms with E-state index in [0.717, 1.165) is 35.9 Å². The van der Waals surface area contributed by atoms with Gasteiger partial charge in [-0.15, -0.1) is 0 Å². The SMILES string of the molecule is COCCCN1C2=NC3C(C(=O)N(Cc4ccccc4)C(=O)N3C)N2C(C)=C1C. The topological polar surface area (TPSA) is 68.7 Å². The number of rotatable bonds is 6. The van der Waals surface area contributed by atoms with E-state index in [9.17, 15) is 9.59 Å². The van der Waals surface area contributed by atoms with Gasteiger partial charge in [0.1, 0.15) is 0 Å². The first-order valence-corrected chi connectivity index (χ1v) is 9.88. The molecule has 0 aromatic heterocycles. The number of nitrogens with zero attached hydrogens (tertiary/aromatic N) is 5. The van der Waals surface area contributed by atoms with Crippen molar-refractivity contribution in [3.05, 3.63) is 47.3 Å². The molecule has 0 spiro atoms. The van der Waals surface area contributed by atoms with Crippen molar-refractivity contribution in [2.24, 2.45) is 4.99 Å². The molecule has 1 aromatic rings. The highest BCUT2D eigenvalue weighted by molar-refractivity contribution is 6.05. The molecule has 8 heteroatoms. The molecule has 0 aliphatic carbocycles. The molecule has 4 rings (SSSR count). The van der Waals surface area contributed by atoms with Gasteiger partial charge in [0, 0.05) is 38.7 Å². The van der Waals surface area contributed by atoms with Crippen molar-refractivity contribution in [2.75, 3.05) is 27.3 Å². The predicted octanol–water partition coefficient (Wildman–Crippen LogP) is 2.05. The third-order valence-electron chi connectivity index (χ3n) is 5.92. The fraction of sp³-hybridized carbons (Fsp3) is 0.476. The number of urea groups is 1. The zero-order valence-electron chi connectivity index (χ0n) is 17.3. The first-order chi connectivity index (χ1) is 14.0. The van der Waals surface area contributed by atoms with Gasteiger partial charge in [-0.3, -0.25) is 14.6 Å². The van der Waals surface area contributed by atoms with E-state index in [4.69, 9.17) is 9.73 Å². The summed E-state index contributed by atoms with van der Waals surface area (Å²) in [6.45, 7) is 5.72. The standard InChI is InChI=1S/C21H27N5O3/c1-14-15(2)26-17-18(22-20(26)24(14)11-8-12-29-4)23(3)21(28)25(19(17)27)13-16-9-6-5-7-10-16/h5-7,9-10,17-18H,8,11-13H2,1-4H3. The molecular formula is C21H27N5O3. The van der Waals surface area contributed by atoms with E-state index in [2.05, 4.69) is 4.90 Å². The summed E-state index contributed by atoms with van der Waals surface area (Å²) in [7, 11) is 3.41. The number of hydrogen-bond acceptors (Lipinski definition) is 6. The average Bonchev–Trinajstić information content (AvgIpc) is 3.22. The second kappa shape index (κ2) is 7.51. The molecule has 3 aliphatic heterocycles. The van der Waals surface area contributed by atoms with Crippen LogP contribution >= 0.6 is 0 Å². The Hall–Kier alpha value is -2.87. The second-order valence-corrected chi connectivity index (χ2v) is 7.63. The van der Waals surface area contributed by atoms with Crippen LogP contribution in [0, 0.1) is 0 Å². The summed E-state index contributed by atoms with van der Waals surface area (Å²) in [5.74, 6) is 0.548. The van der Waals surface area contributed by atoms with Gasteiger partial charge in [0.2, 0.25) is 5.96 Å². The van der Waals surface area contributed by atoms with Crippen molar-refractivity contribution >= 4 is 17.9 Å². The van der Waals surface area contributed by atoms with Crippen molar-refractivity contribution in [3.63, 3.8) is 0 Å². The van der Waals surface area contributed by atoms with E-state index in [1.165, 1.54) is 4.90 Å². The Bertz CT molecular complexity index is 882. The summed E-state index contributed by atoms with van der Waals surface area (Å²) in [4.78, 5) is 38.2. The summed E-state index contributed by atoms with van der Waals surface area (Å²) < 4.78 is 5.18. The number of ether oxygens (including phenoxy) is 1. The molecule has 0 radical (unpaired) electrons. The number of methoxy groups -OCH3 is 1. The fourth-order valence-corrected chi connectivity index (χ4v) is 4.23. The average molecular weight is 397 g/mol. The normalized spacial score (nSPS) is 23.8. The minimum absolute atomic E-state index is 0.202. The lowest BCUT2D eigenvalue weighted by molar-refractivity contribution is -0.137. The Morgan fingerprint density at radius 1 is 1.07 bits per heavy atom. The van der Waals surface area contributed by atoms with Gasteiger partial charge >= 0.3 is 6.03 Å². The number of likely N-dealkylation sites (N-methyl/N-ethyl adjacent to an activating group) is 1. The molecule has 1 aromatic carbocycles. The van der Waals surface area contributed by atoms with Crippen molar-refractivity contribution in [2.45, 2.75) is 39.0 Å². The second-order valence-electron chi connectivity index (χ2n) is 7.63. The Morgan fingerprint density at radius 3 is 2.48 bits per heavy atom. The van der Waals surface area contributed by atoms with Gasteiger partial charge in [0.15, 0.2) is 12.2 Å². The first kappa shape index (κ1) is 19.4. The van der Waals surface area contributed by atoms with Crippen molar-refractivity contribution in [3.8, 4) is 0 Å². The van der Waals surface area contributed by atoms with E-state index in [-0.39, 0.29) is 18.5 Å². The van der Waals surface area contributed by atoms with Crippen LogP contribution in [0.3, 0.4) is 0 Å². The molecule has 8 nitrogen and oxygen atoms in total. The fourth-order valence-electron chi connectivity index (χ4n) is 4.23. The zero-order chi connectivity index (χ0) is 20.7. The van der Waals surface area contributed by atoms with E-state index >= 15 is 0 Å². The van der Waals surface area contributed by atoms with Crippen LogP contribution in [-0.2, 0) is 16.1 Å². The molecular weight excluding hydrogens is 370 g/mol. The van der Waals surface area contributed by atoms with Crippen LogP contribution in [-0.4, -0.2) is 77.0 Å². The molecule has 2 atom stereocenters. The Kier molecular flexibility index (Phi) is 5.04. The highest BCUT2D eigenvalue weighted by Gasteiger charge is 2.55. The molecule has 3 amide bonds. The Labute approximate surface area is 171 Å². The van der Waals surface area contributed by atoms with Crippen LogP contribution in [0.4, 0.5) is 4.79 Å².